The summed E-state index contributed by atoms with van der Waals surface area (Å²) in [5, 5.41) is 3.20. The summed E-state index contributed by atoms with van der Waals surface area (Å²) in [5.74, 6) is 4.24. The van der Waals surface area contributed by atoms with Crippen molar-refractivity contribution in [1.29, 1.82) is 0 Å². The Morgan fingerprint density at radius 3 is 2.23 bits per heavy atom. The first-order valence-electron chi connectivity index (χ1n) is 5.32. The van der Waals surface area contributed by atoms with Crippen molar-refractivity contribution in [2.75, 3.05) is 7.05 Å². The largest absolute Gasteiger partial charge is 0.307 e. The fourth-order valence-corrected chi connectivity index (χ4v) is 1.68. The first kappa shape index (κ1) is 12.5. The molecule has 0 aromatic rings. The molecule has 0 aliphatic heterocycles. The molecule has 0 rings (SSSR count). The van der Waals surface area contributed by atoms with Crippen molar-refractivity contribution in [2.24, 2.45) is 11.8 Å². The summed E-state index contributed by atoms with van der Waals surface area (Å²) in [6, 6.07) is 0.249. The summed E-state index contributed by atoms with van der Waals surface area (Å²) < 4.78 is 0. The zero-order valence-electron chi connectivity index (χ0n) is 9.43. The molecule has 0 fully saturated rings. The molecule has 1 N–H and O–H groups in total. The monoisotopic (exact) mass is 181 g/mol. The molecular formula is C12H23N. The van der Waals surface area contributed by atoms with Crippen LogP contribution in [0.1, 0.15) is 40.0 Å². The minimum atomic E-state index is 0.249. The van der Waals surface area contributed by atoms with E-state index in [-0.39, 0.29) is 6.04 Å². The molecule has 0 radical (unpaired) electrons. The van der Waals surface area contributed by atoms with Crippen LogP contribution in [0.15, 0.2) is 0 Å². The first-order chi connectivity index (χ1) is 6.19. The molecule has 0 aromatic carbocycles. The van der Waals surface area contributed by atoms with Crippen molar-refractivity contribution in [3.05, 3.63) is 0 Å². The van der Waals surface area contributed by atoms with Gasteiger partial charge in [0.2, 0.25) is 0 Å². The fraction of sp³-hybridized carbons (Fsp3) is 0.833. The third-order valence-electron chi connectivity index (χ3n) is 2.89. The zero-order chi connectivity index (χ0) is 10.3. The Morgan fingerprint density at radius 1 is 1.31 bits per heavy atom. The number of hydrogen-bond donors (Lipinski definition) is 1. The van der Waals surface area contributed by atoms with Gasteiger partial charge < -0.3 is 5.32 Å². The van der Waals surface area contributed by atoms with Crippen LogP contribution in [0.2, 0.25) is 0 Å². The standard InChI is InChI=1S/C12H23N/c1-6-10(4)9-11(7-2)12(8-3)13-5/h3,10-13H,6-7,9H2,1-2,4-5H3/t10?,11?,12-/m1/s1. The second kappa shape index (κ2) is 6.97. The highest BCUT2D eigenvalue weighted by atomic mass is 14.9. The van der Waals surface area contributed by atoms with Crippen LogP contribution < -0.4 is 5.32 Å². The summed E-state index contributed by atoms with van der Waals surface area (Å²) in [6.45, 7) is 6.75. The van der Waals surface area contributed by atoms with Gasteiger partial charge in [0, 0.05) is 0 Å². The Balaban J connectivity index is 4.08. The predicted octanol–water partition coefficient (Wildman–Crippen LogP) is 2.67. The molecule has 3 atom stereocenters. The first-order valence-corrected chi connectivity index (χ1v) is 5.32. The quantitative estimate of drug-likeness (QED) is 0.621. The number of rotatable bonds is 6. The molecule has 0 saturated heterocycles. The maximum absolute atomic E-state index is 5.46. The number of hydrogen-bond acceptors (Lipinski definition) is 1. The van der Waals surface area contributed by atoms with Gasteiger partial charge in [-0.1, -0.05) is 39.5 Å². The van der Waals surface area contributed by atoms with Crippen LogP contribution in [0.3, 0.4) is 0 Å². The van der Waals surface area contributed by atoms with E-state index in [1.807, 2.05) is 7.05 Å². The van der Waals surface area contributed by atoms with Crippen molar-refractivity contribution >= 4 is 0 Å². The smallest absolute Gasteiger partial charge is 0.0713 e. The van der Waals surface area contributed by atoms with Gasteiger partial charge in [-0.3, -0.25) is 0 Å². The van der Waals surface area contributed by atoms with Crippen molar-refractivity contribution in [3.63, 3.8) is 0 Å². The fourth-order valence-electron chi connectivity index (χ4n) is 1.68. The molecular weight excluding hydrogens is 158 g/mol. The molecule has 76 valence electrons. The molecule has 0 bridgehead atoms. The lowest BCUT2D eigenvalue weighted by Gasteiger charge is -2.24. The molecule has 0 amide bonds. The molecule has 1 heteroatoms. The Labute approximate surface area is 83.3 Å². The Bertz CT molecular complexity index is 157. The summed E-state index contributed by atoms with van der Waals surface area (Å²) in [7, 11) is 1.95. The van der Waals surface area contributed by atoms with Crippen LogP contribution in [-0.4, -0.2) is 13.1 Å². The highest BCUT2D eigenvalue weighted by molar-refractivity contribution is 5.01. The number of terminal acetylenes is 1. The molecule has 0 heterocycles. The van der Waals surface area contributed by atoms with E-state index in [0.717, 1.165) is 5.92 Å². The maximum Gasteiger partial charge on any atom is 0.0713 e. The van der Waals surface area contributed by atoms with Gasteiger partial charge in [0.25, 0.3) is 0 Å². The lowest BCUT2D eigenvalue weighted by Crippen LogP contribution is -2.32. The van der Waals surface area contributed by atoms with E-state index in [1.165, 1.54) is 19.3 Å². The SMILES string of the molecule is C#C[C@@H](NC)C(CC)CC(C)CC. The van der Waals surface area contributed by atoms with E-state index in [4.69, 9.17) is 6.42 Å². The van der Waals surface area contributed by atoms with Crippen LogP contribution in [0, 0.1) is 24.2 Å². The predicted molar refractivity (Wildman–Crippen MR) is 59.5 cm³/mol. The minimum absolute atomic E-state index is 0.249. The van der Waals surface area contributed by atoms with E-state index < -0.39 is 0 Å². The van der Waals surface area contributed by atoms with Crippen molar-refractivity contribution < 1.29 is 0 Å². The third-order valence-corrected chi connectivity index (χ3v) is 2.89. The van der Waals surface area contributed by atoms with Crippen LogP contribution >= 0.6 is 0 Å². The van der Waals surface area contributed by atoms with Gasteiger partial charge in [-0.15, -0.1) is 6.42 Å². The normalized spacial score (nSPS) is 17.5. The van der Waals surface area contributed by atoms with Crippen molar-refractivity contribution in [3.8, 4) is 12.3 Å². The average molecular weight is 181 g/mol. The average Bonchev–Trinajstić information content (AvgIpc) is 2.17. The van der Waals surface area contributed by atoms with E-state index in [2.05, 4.69) is 32.0 Å². The summed E-state index contributed by atoms with van der Waals surface area (Å²) in [5.41, 5.74) is 0. The number of nitrogens with one attached hydrogen (secondary N) is 1. The topological polar surface area (TPSA) is 12.0 Å². The highest BCUT2D eigenvalue weighted by Gasteiger charge is 2.17. The van der Waals surface area contributed by atoms with Crippen molar-refractivity contribution in [1.82, 2.24) is 5.32 Å². The highest BCUT2D eigenvalue weighted by Crippen LogP contribution is 2.20. The zero-order valence-corrected chi connectivity index (χ0v) is 9.43. The van der Waals surface area contributed by atoms with Gasteiger partial charge in [0.05, 0.1) is 6.04 Å². The van der Waals surface area contributed by atoms with E-state index >= 15 is 0 Å². The molecule has 0 aliphatic carbocycles. The van der Waals surface area contributed by atoms with Gasteiger partial charge in [0.15, 0.2) is 0 Å². The van der Waals surface area contributed by atoms with Gasteiger partial charge in [0.1, 0.15) is 0 Å². The molecule has 0 aromatic heterocycles. The van der Waals surface area contributed by atoms with E-state index in [0.29, 0.717) is 5.92 Å². The Morgan fingerprint density at radius 2 is 1.92 bits per heavy atom. The molecule has 13 heavy (non-hydrogen) atoms. The Hall–Kier alpha value is -0.480. The minimum Gasteiger partial charge on any atom is -0.307 e. The summed E-state index contributed by atoms with van der Waals surface area (Å²) in [6.07, 6.45) is 9.12. The molecule has 0 saturated carbocycles. The molecule has 0 aliphatic rings. The Kier molecular flexibility index (Phi) is 6.72. The van der Waals surface area contributed by atoms with Gasteiger partial charge in [-0.2, -0.15) is 0 Å². The van der Waals surface area contributed by atoms with Crippen LogP contribution in [0.5, 0.6) is 0 Å². The second-order valence-electron chi connectivity index (χ2n) is 3.85. The van der Waals surface area contributed by atoms with Crippen LogP contribution in [0.4, 0.5) is 0 Å². The summed E-state index contributed by atoms with van der Waals surface area (Å²) >= 11 is 0. The van der Waals surface area contributed by atoms with Crippen LogP contribution in [0.25, 0.3) is 0 Å². The molecule has 2 unspecified atom stereocenters. The third kappa shape index (κ3) is 4.33. The van der Waals surface area contributed by atoms with Crippen LogP contribution in [-0.2, 0) is 0 Å². The van der Waals surface area contributed by atoms with E-state index in [1.54, 1.807) is 0 Å². The lowest BCUT2D eigenvalue weighted by molar-refractivity contribution is 0.331. The van der Waals surface area contributed by atoms with Gasteiger partial charge >= 0.3 is 0 Å². The van der Waals surface area contributed by atoms with Crippen molar-refractivity contribution in [2.45, 2.75) is 46.1 Å². The summed E-state index contributed by atoms with van der Waals surface area (Å²) in [4.78, 5) is 0. The van der Waals surface area contributed by atoms with Gasteiger partial charge in [-0.05, 0) is 25.3 Å². The molecule has 0 spiro atoms. The molecule has 1 nitrogen and oxygen atoms in total. The van der Waals surface area contributed by atoms with E-state index in [9.17, 15) is 0 Å². The maximum atomic E-state index is 5.46. The van der Waals surface area contributed by atoms with Gasteiger partial charge in [-0.25, -0.2) is 0 Å². The lowest BCUT2D eigenvalue weighted by atomic mass is 9.87. The second-order valence-corrected chi connectivity index (χ2v) is 3.85.